The quantitative estimate of drug-likeness (QED) is 0.380. The first-order valence-electron chi connectivity index (χ1n) is 3.02. The van der Waals surface area contributed by atoms with Crippen molar-refractivity contribution in [1.29, 1.82) is 0 Å². The summed E-state index contributed by atoms with van der Waals surface area (Å²) in [5.74, 6) is 0. The average Bonchev–Trinajstić information content (AvgIpc) is 1.85. The second-order valence-corrected chi connectivity index (χ2v) is 1.85. The van der Waals surface area contributed by atoms with E-state index >= 15 is 0 Å². The van der Waals surface area contributed by atoms with Crippen LogP contribution in [-0.2, 0) is 4.74 Å². The molecule has 11 heavy (non-hydrogen) atoms. The maximum Gasteiger partial charge on any atom is 0.411 e. The summed E-state index contributed by atoms with van der Waals surface area (Å²) in [6.45, 7) is 2.49. The Kier molecular flexibility index (Phi) is 4.89. The smallest absolute Gasteiger partial charge is 0.357 e. The number of hydrogen-bond donors (Lipinski definition) is 1. The summed E-state index contributed by atoms with van der Waals surface area (Å²) in [5, 5.41) is 2.57. The Balaban J connectivity index is 3.08. The fourth-order valence-corrected chi connectivity index (χ4v) is 0.400. The fourth-order valence-electron chi connectivity index (χ4n) is 0.400. The van der Waals surface area contributed by atoms with Crippen molar-refractivity contribution in [3.63, 3.8) is 0 Å². The minimum Gasteiger partial charge on any atom is -0.357 e. The van der Waals surface area contributed by atoms with Crippen LogP contribution in [0.25, 0.3) is 0 Å². The van der Waals surface area contributed by atoms with E-state index in [1.54, 1.807) is 0 Å². The first kappa shape index (κ1) is 10.4. The molecule has 0 spiro atoms. The normalized spacial score (nSPS) is 11.5. The van der Waals surface area contributed by atoms with E-state index in [2.05, 4.69) is 16.6 Å². The third-order valence-electron chi connectivity index (χ3n) is 0.759. The van der Waals surface area contributed by atoms with Crippen molar-refractivity contribution in [3.05, 3.63) is 12.7 Å². The zero-order valence-corrected chi connectivity index (χ0v) is 5.95. The van der Waals surface area contributed by atoms with Crippen molar-refractivity contribution in [3.8, 4) is 0 Å². The molecule has 0 aromatic rings. The van der Waals surface area contributed by atoms with E-state index in [0.717, 1.165) is 0 Å². The highest BCUT2D eigenvalue weighted by atomic mass is 19.4. The van der Waals surface area contributed by atoms with Gasteiger partial charge >= 0.3 is 6.18 Å². The summed E-state index contributed by atoms with van der Waals surface area (Å²) < 4.78 is 38.4. The van der Waals surface area contributed by atoms with E-state index in [1.165, 1.54) is 6.08 Å². The van der Waals surface area contributed by atoms with Gasteiger partial charge in [-0.05, 0) is 0 Å². The molecule has 0 aliphatic rings. The summed E-state index contributed by atoms with van der Waals surface area (Å²) >= 11 is 0. The van der Waals surface area contributed by atoms with Gasteiger partial charge < -0.3 is 4.74 Å². The van der Waals surface area contributed by atoms with Gasteiger partial charge in [0.2, 0.25) is 0 Å². The van der Waals surface area contributed by atoms with E-state index in [1.807, 2.05) is 0 Å². The van der Waals surface area contributed by atoms with Crippen molar-refractivity contribution in [2.75, 3.05) is 19.9 Å². The topological polar surface area (TPSA) is 21.3 Å². The zero-order valence-electron chi connectivity index (χ0n) is 5.95. The third kappa shape index (κ3) is 9.45. The van der Waals surface area contributed by atoms with Crippen molar-refractivity contribution in [2.45, 2.75) is 6.18 Å². The lowest BCUT2D eigenvalue weighted by Gasteiger charge is -2.06. The molecule has 66 valence electrons. The molecule has 0 fully saturated rings. The molecule has 0 saturated heterocycles. The molecule has 0 atom stereocenters. The Morgan fingerprint density at radius 1 is 1.45 bits per heavy atom. The van der Waals surface area contributed by atoms with Gasteiger partial charge in [0.05, 0.1) is 6.73 Å². The summed E-state index contributed by atoms with van der Waals surface area (Å²) in [6, 6.07) is 0. The SMILES string of the molecule is C=CCNCOCC(F)(F)F. The van der Waals surface area contributed by atoms with Crippen LogP contribution in [-0.4, -0.2) is 26.1 Å². The Hall–Kier alpha value is -0.550. The Labute approximate surface area is 63.0 Å². The van der Waals surface area contributed by atoms with Gasteiger partial charge in [-0.1, -0.05) is 6.08 Å². The maximum absolute atomic E-state index is 11.4. The van der Waals surface area contributed by atoms with Gasteiger partial charge in [0.25, 0.3) is 0 Å². The highest BCUT2D eigenvalue weighted by Crippen LogP contribution is 2.13. The van der Waals surface area contributed by atoms with Gasteiger partial charge in [0, 0.05) is 6.54 Å². The van der Waals surface area contributed by atoms with Crippen molar-refractivity contribution in [2.24, 2.45) is 0 Å². The van der Waals surface area contributed by atoms with Crippen molar-refractivity contribution in [1.82, 2.24) is 5.32 Å². The number of alkyl halides is 3. The fraction of sp³-hybridized carbons (Fsp3) is 0.667. The van der Waals surface area contributed by atoms with Crippen LogP contribution in [0.15, 0.2) is 12.7 Å². The molecule has 0 unspecified atom stereocenters. The Morgan fingerprint density at radius 3 is 2.55 bits per heavy atom. The average molecular weight is 169 g/mol. The summed E-state index contributed by atoms with van der Waals surface area (Å²) in [6.07, 6.45) is -2.70. The predicted octanol–water partition coefficient (Wildman–Crippen LogP) is 1.30. The van der Waals surface area contributed by atoms with Gasteiger partial charge in [-0.25, -0.2) is 0 Å². The van der Waals surface area contributed by atoms with Crippen molar-refractivity contribution < 1.29 is 17.9 Å². The van der Waals surface area contributed by atoms with Crippen LogP contribution in [0.2, 0.25) is 0 Å². The summed E-state index contributed by atoms with van der Waals surface area (Å²) in [7, 11) is 0. The first-order chi connectivity index (χ1) is 5.06. The van der Waals surface area contributed by atoms with Gasteiger partial charge in [-0.3, -0.25) is 5.32 Å². The highest BCUT2D eigenvalue weighted by molar-refractivity contribution is 4.67. The molecule has 0 rings (SSSR count). The molecule has 0 aromatic carbocycles. The molecule has 0 bridgehead atoms. The molecule has 0 amide bonds. The first-order valence-corrected chi connectivity index (χ1v) is 3.02. The van der Waals surface area contributed by atoms with Crippen LogP contribution in [0.1, 0.15) is 0 Å². The lowest BCUT2D eigenvalue weighted by Crippen LogP contribution is -2.24. The molecule has 1 N–H and O–H groups in total. The van der Waals surface area contributed by atoms with Gasteiger partial charge in [-0.2, -0.15) is 13.2 Å². The van der Waals surface area contributed by atoms with E-state index < -0.39 is 12.8 Å². The lowest BCUT2D eigenvalue weighted by molar-refractivity contribution is -0.175. The number of hydrogen-bond acceptors (Lipinski definition) is 2. The van der Waals surface area contributed by atoms with Gasteiger partial charge in [-0.15, -0.1) is 6.58 Å². The van der Waals surface area contributed by atoms with Crippen LogP contribution < -0.4 is 5.32 Å². The second kappa shape index (κ2) is 5.15. The van der Waals surface area contributed by atoms with E-state index in [9.17, 15) is 13.2 Å². The van der Waals surface area contributed by atoms with Crippen LogP contribution in [0.3, 0.4) is 0 Å². The molecule has 5 heteroatoms. The van der Waals surface area contributed by atoms with E-state index in [0.29, 0.717) is 6.54 Å². The zero-order chi connectivity index (χ0) is 8.74. The standard InChI is InChI=1S/C6H10F3NO/c1-2-3-10-5-11-4-6(7,8)9/h2,10H,1,3-5H2. The van der Waals surface area contributed by atoms with E-state index in [4.69, 9.17) is 0 Å². The predicted molar refractivity (Wildman–Crippen MR) is 35.1 cm³/mol. The molecule has 2 nitrogen and oxygen atoms in total. The minimum atomic E-state index is -4.24. The molecule has 0 saturated carbocycles. The number of rotatable bonds is 5. The van der Waals surface area contributed by atoms with Crippen LogP contribution in [0.4, 0.5) is 13.2 Å². The molecule has 0 aliphatic carbocycles. The van der Waals surface area contributed by atoms with Gasteiger partial charge in [0.15, 0.2) is 0 Å². The molecule has 0 aromatic heterocycles. The largest absolute Gasteiger partial charge is 0.411 e. The summed E-state index contributed by atoms with van der Waals surface area (Å²) in [5.41, 5.74) is 0. The number of halogens is 3. The number of ether oxygens (including phenoxy) is 1. The highest BCUT2D eigenvalue weighted by Gasteiger charge is 2.27. The molecule has 0 heterocycles. The molecular formula is C6H10F3NO. The second-order valence-electron chi connectivity index (χ2n) is 1.85. The number of nitrogens with one attached hydrogen (secondary N) is 1. The molecule has 0 aliphatic heterocycles. The lowest BCUT2D eigenvalue weighted by atomic mass is 10.6. The van der Waals surface area contributed by atoms with Crippen LogP contribution in [0.5, 0.6) is 0 Å². The minimum absolute atomic E-state index is 0.106. The van der Waals surface area contributed by atoms with Crippen LogP contribution >= 0.6 is 0 Å². The van der Waals surface area contributed by atoms with Crippen molar-refractivity contribution >= 4 is 0 Å². The molecular weight excluding hydrogens is 159 g/mol. The Morgan fingerprint density at radius 2 is 2.09 bits per heavy atom. The van der Waals surface area contributed by atoms with Gasteiger partial charge in [0.1, 0.15) is 6.61 Å². The summed E-state index contributed by atoms with van der Waals surface area (Å²) in [4.78, 5) is 0. The molecule has 0 radical (unpaired) electrons. The maximum atomic E-state index is 11.4. The van der Waals surface area contributed by atoms with Crippen LogP contribution in [0, 0.1) is 0 Å². The third-order valence-corrected chi connectivity index (χ3v) is 0.759. The van der Waals surface area contributed by atoms with E-state index in [-0.39, 0.29) is 6.73 Å². The monoisotopic (exact) mass is 169 g/mol. The Bertz CT molecular complexity index is 113.